The maximum absolute atomic E-state index is 11.5. The number of rotatable bonds is 0. The average molecular weight is 172 g/mol. The quantitative estimate of drug-likeness (QED) is 0.581. The van der Waals surface area contributed by atoms with Crippen molar-refractivity contribution in [3.8, 4) is 0 Å². The van der Waals surface area contributed by atoms with E-state index in [-0.39, 0.29) is 0 Å². The first-order valence-electron chi connectivity index (χ1n) is 3.99. The van der Waals surface area contributed by atoms with Crippen LogP contribution in [0.25, 0.3) is 0 Å². The molecule has 3 unspecified atom stereocenters. The lowest BCUT2D eigenvalue weighted by Crippen LogP contribution is -2.42. The lowest BCUT2D eigenvalue weighted by Gasteiger charge is -2.23. The van der Waals surface area contributed by atoms with Gasteiger partial charge in [-0.25, -0.2) is 0 Å². The molecule has 0 bridgehead atoms. The molecule has 1 aliphatic carbocycles. The van der Waals surface area contributed by atoms with E-state index in [1.54, 1.807) is 0 Å². The van der Waals surface area contributed by atoms with Crippen molar-refractivity contribution < 1.29 is 4.21 Å². The van der Waals surface area contributed by atoms with Crippen molar-refractivity contribution in [2.24, 2.45) is 5.10 Å². The topological polar surface area (TPSA) is 41.5 Å². The molecule has 4 heteroatoms. The van der Waals surface area contributed by atoms with Crippen LogP contribution >= 0.6 is 0 Å². The van der Waals surface area contributed by atoms with E-state index in [4.69, 9.17) is 0 Å². The van der Waals surface area contributed by atoms with Crippen LogP contribution in [-0.2, 0) is 10.8 Å². The van der Waals surface area contributed by atoms with Crippen LogP contribution < -0.4 is 5.43 Å². The molecular weight excluding hydrogens is 160 g/mol. The Balaban J connectivity index is 2.24. The van der Waals surface area contributed by atoms with Gasteiger partial charge in [-0.05, 0) is 19.8 Å². The Labute approximate surface area is 68.7 Å². The van der Waals surface area contributed by atoms with Crippen LogP contribution in [0, 0.1) is 0 Å². The molecule has 2 rings (SSSR count). The summed E-state index contributed by atoms with van der Waals surface area (Å²) >= 11 is 0. The van der Waals surface area contributed by atoms with Gasteiger partial charge in [-0.1, -0.05) is 6.42 Å². The predicted molar refractivity (Wildman–Crippen MR) is 45.8 cm³/mol. The van der Waals surface area contributed by atoms with E-state index in [1.807, 2.05) is 6.92 Å². The van der Waals surface area contributed by atoms with Gasteiger partial charge < -0.3 is 5.43 Å². The van der Waals surface area contributed by atoms with Gasteiger partial charge in [0, 0.05) is 0 Å². The van der Waals surface area contributed by atoms with Crippen molar-refractivity contribution in [3.05, 3.63) is 0 Å². The molecule has 0 amide bonds. The summed E-state index contributed by atoms with van der Waals surface area (Å²) in [6, 6.07) is 0.388. The third kappa shape index (κ3) is 1.09. The molecule has 1 saturated carbocycles. The molecule has 0 saturated heterocycles. The Kier molecular flexibility index (Phi) is 1.71. The molecule has 1 heterocycles. The first kappa shape index (κ1) is 7.28. The van der Waals surface area contributed by atoms with Crippen molar-refractivity contribution in [1.29, 1.82) is 0 Å². The van der Waals surface area contributed by atoms with Gasteiger partial charge in [-0.3, -0.25) is 4.21 Å². The minimum Gasteiger partial charge on any atom is -0.305 e. The van der Waals surface area contributed by atoms with E-state index in [0.29, 0.717) is 11.3 Å². The molecule has 1 fully saturated rings. The highest BCUT2D eigenvalue weighted by atomic mass is 32.2. The number of hydrogen-bond donors (Lipinski definition) is 1. The molecular formula is C7H12N2OS. The van der Waals surface area contributed by atoms with Crippen LogP contribution in [0.3, 0.4) is 0 Å². The molecule has 0 aromatic carbocycles. The summed E-state index contributed by atoms with van der Waals surface area (Å²) in [5.74, 6) is 0. The molecule has 0 radical (unpaired) electrons. The average Bonchev–Trinajstić information content (AvgIpc) is 2.45. The van der Waals surface area contributed by atoms with Gasteiger partial charge in [0.05, 0.1) is 22.1 Å². The minimum atomic E-state index is -0.803. The number of hydrazone groups is 1. The van der Waals surface area contributed by atoms with Crippen LogP contribution in [0.15, 0.2) is 5.10 Å². The summed E-state index contributed by atoms with van der Waals surface area (Å²) in [6.07, 6.45) is 3.42. The van der Waals surface area contributed by atoms with Crippen LogP contribution in [0.1, 0.15) is 26.2 Å². The van der Waals surface area contributed by atoms with Gasteiger partial charge >= 0.3 is 0 Å². The lowest BCUT2D eigenvalue weighted by molar-refractivity contribution is 0.539. The summed E-state index contributed by atoms with van der Waals surface area (Å²) in [7, 11) is -0.803. The smallest absolute Gasteiger partial charge is 0.121 e. The van der Waals surface area contributed by atoms with E-state index in [0.717, 1.165) is 17.9 Å². The van der Waals surface area contributed by atoms with Crippen molar-refractivity contribution in [2.45, 2.75) is 37.5 Å². The standard InChI is InChI=1S/C7H12N2OS/c1-5-8-9-6-3-2-4-7(6)11(5)10/h6-7,9H,2-4H2,1H3. The zero-order valence-electron chi connectivity index (χ0n) is 6.54. The Morgan fingerprint density at radius 3 is 3.27 bits per heavy atom. The summed E-state index contributed by atoms with van der Waals surface area (Å²) in [6.45, 7) is 1.83. The Morgan fingerprint density at radius 1 is 1.64 bits per heavy atom. The number of nitrogens with one attached hydrogen (secondary N) is 1. The van der Waals surface area contributed by atoms with E-state index < -0.39 is 10.8 Å². The van der Waals surface area contributed by atoms with Gasteiger partial charge in [0.1, 0.15) is 5.04 Å². The van der Waals surface area contributed by atoms with E-state index in [2.05, 4.69) is 10.5 Å². The molecule has 62 valence electrons. The Morgan fingerprint density at radius 2 is 2.45 bits per heavy atom. The highest BCUT2D eigenvalue weighted by molar-refractivity contribution is 8.01. The minimum absolute atomic E-state index is 0.340. The third-order valence-corrected chi connectivity index (χ3v) is 4.19. The normalized spacial score (nSPS) is 42.6. The van der Waals surface area contributed by atoms with Crippen LogP contribution in [0.2, 0.25) is 0 Å². The maximum atomic E-state index is 11.5. The largest absolute Gasteiger partial charge is 0.305 e. The number of hydrogen-bond acceptors (Lipinski definition) is 3. The second kappa shape index (κ2) is 2.59. The summed E-state index contributed by atoms with van der Waals surface area (Å²) in [4.78, 5) is 0. The fourth-order valence-electron chi connectivity index (χ4n) is 1.77. The fraction of sp³-hybridized carbons (Fsp3) is 0.857. The second-order valence-electron chi connectivity index (χ2n) is 3.13. The van der Waals surface area contributed by atoms with Crippen molar-refractivity contribution in [3.63, 3.8) is 0 Å². The highest BCUT2D eigenvalue weighted by Gasteiger charge is 2.35. The number of fused-ring (bicyclic) bond motifs is 1. The van der Waals surface area contributed by atoms with Crippen LogP contribution in [0.5, 0.6) is 0 Å². The highest BCUT2D eigenvalue weighted by Crippen LogP contribution is 2.26. The van der Waals surface area contributed by atoms with Gasteiger partial charge in [0.15, 0.2) is 0 Å². The Bertz CT molecular complexity index is 226. The molecule has 3 atom stereocenters. The molecule has 2 aliphatic rings. The molecule has 1 N–H and O–H groups in total. The van der Waals surface area contributed by atoms with Crippen molar-refractivity contribution in [1.82, 2.24) is 5.43 Å². The first-order chi connectivity index (χ1) is 5.29. The van der Waals surface area contributed by atoms with Gasteiger partial charge in [-0.2, -0.15) is 5.10 Å². The maximum Gasteiger partial charge on any atom is 0.121 e. The summed E-state index contributed by atoms with van der Waals surface area (Å²) in [5, 5.41) is 5.12. The monoisotopic (exact) mass is 172 g/mol. The molecule has 1 aliphatic heterocycles. The predicted octanol–water partition coefficient (Wildman–Crippen LogP) is 0.593. The molecule has 0 spiro atoms. The molecule has 0 aromatic heterocycles. The second-order valence-corrected chi connectivity index (χ2v) is 4.92. The fourth-order valence-corrected chi connectivity index (χ4v) is 3.22. The van der Waals surface area contributed by atoms with E-state index >= 15 is 0 Å². The zero-order chi connectivity index (χ0) is 7.84. The number of nitrogens with zero attached hydrogens (tertiary/aromatic N) is 1. The van der Waals surface area contributed by atoms with Crippen LogP contribution in [-0.4, -0.2) is 20.5 Å². The molecule has 3 nitrogen and oxygen atoms in total. The lowest BCUT2D eigenvalue weighted by atomic mass is 10.3. The van der Waals surface area contributed by atoms with E-state index in [1.165, 1.54) is 6.42 Å². The molecule has 0 aromatic rings. The van der Waals surface area contributed by atoms with E-state index in [9.17, 15) is 4.21 Å². The Hall–Kier alpha value is -0.380. The van der Waals surface area contributed by atoms with Gasteiger partial charge in [-0.15, -0.1) is 0 Å². The van der Waals surface area contributed by atoms with Gasteiger partial charge in [0.2, 0.25) is 0 Å². The molecule has 11 heavy (non-hydrogen) atoms. The summed E-state index contributed by atoms with van der Waals surface area (Å²) in [5.41, 5.74) is 3.06. The third-order valence-electron chi connectivity index (χ3n) is 2.41. The van der Waals surface area contributed by atoms with Crippen LogP contribution in [0.4, 0.5) is 0 Å². The first-order valence-corrected chi connectivity index (χ1v) is 5.21. The SMILES string of the molecule is CC1=NNC2CCCC2S1=O. The van der Waals surface area contributed by atoms with Crippen molar-refractivity contribution in [2.75, 3.05) is 0 Å². The summed E-state index contributed by atoms with van der Waals surface area (Å²) < 4.78 is 11.5. The van der Waals surface area contributed by atoms with Gasteiger partial charge in [0.25, 0.3) is 0 Å². The van der Waals surface area contributed by atoms with Crippen molar-refractivity contribution >= 4 is 15.8 Å². The zero-order valence-corrected chi connectivity index (χ0v) is 7.36.